The van der Waals surface area contributed by atoms with Gasteiger partial charge in [-0.05, 0) is 41.8 Å². The molecule has 1 aliphatic rings. The normalized spacial score (nSPS) is 13.4. The molecule has 2 aromatic rings. The topological polar surface area (TPSA) is 26.3 Å². The number of carbonyl (C=O) groups excluding carboxylic acids is 1. The zero-order chi connectivity index (χ0) is 13.4. The van der Waals surface area contributed by atoms with E-state index < -0.39 is 0 Å². The van der Waals surface area contributed by atoms with Crippen LogP contribution in [0.2, 0.25) is 0 Å². The summed E-state index contributed by atoms with van der Waals surface area (Å²) in [6, 6.07) is 11.6. The molecular weight excluding hydrogens is 304 g/mol. The number of hydrogen-bond acceptors (Lipinski definition) is 2. The van der Waals surface area contributed by atoms with E-state index in [1.165, 1.54) is 5.56 Å². The van der Waals surface area contributed by atoms with Crippen LogP contribution in [0.1, 0.15) is 32.6 Å². The first-order valence-electron chi connectivity index (χ1n) is 6.15. The van der Waals surface area contributed by atoms with Crippen molar-refractivity contribution in [2.24, 2.45) is 0 Å². The monoisotopic (exact) mass is 316 g/mol. The molecule has 0 saturated heterocycles. The van der Waals surface area contributed by atoms with Crippen LogP contribution in [0, 0.1) is 6.92 Å². The molecule has 2 aromatic carbocycles. The van der Waals surface area contributed by atoms with Crippen molar-refractivity contribution in [1.82, 2.24) is 0 Å². The average molecular weight is 317 g/mol. The predicted octanol–water partition coefficient (Wildman–Crippen LogP) is 4.02. The summed E-state index contributed by atoms with van der Waals surface area (Å²) in [6.45, 7) is 3.26. The third-order valence-electron chi connectivity index (χ3n) is 3.35. The molecule has 19 heavy (non-hydrogen) atoms. The first kappa shape index (κ1) is 12.6. The number of ether oxygens (including phenoxy) is 1. The maximum atomic E-state index is 12.5. The number of ketones is 1. The van der Waals surface area contributed by atoms with E-state index in [0.717, 1.165) is 15.6 Å². The van der Waals surface area contributed by atoms with Gasteiger partial charge in [0.05, 0.1) is 13.2 Å². The lowest BCUT2D eigenvalue weighted by Gasteiger charge is -2.06. The van der Waals surface area contributed by atoms with Crippen molar-refractivity contribution in [2.75, 3.05) is 0 Å². The highest BCUT2D eigenvalue weighted by Crippen LogP contribution is 2.25. The van der Waals surface area contributed by atoms with Gasteiger partial charge in [0.2, 0.25) is 0 Å². The van der Waals surface area contributed by atoms with Gasteiger partial charge >= 0.3 is 0 Å². The second-order valence-corrected chi connectivity index (χ2v) is 5.64. The van der Waals surface area contributed by atoms with Gasteiger partial charge in [0.1, 0.15) is 0 Å². The Bertz CT molecular complexity index is 662. The van der Waals surface area contributed by atoms with E-state index in [1.54, 1.807) is 0 Å². The summed E-state index contributed by atoms with van der Waals surface area (Å²) in [5.41, 5.74) is 4.85. The lowest BCUT2D eigenvalue weighted by molar-refractivity contribution is 0.103. The van der Waals surface area contributed by atoms with E-state index in [0.29, 0.717) is 24.3 Å². The molecule has 0 atom stereocenters. The lowest BCUT2D eigenvalue weighted by Crippen LogP contribution is -2.03. The minimum Gasteiger partial charge on any atom is -0.372 e. The molecule has 0 aliphatic carbocycles. The van der Waals surface area contributed by atoms with Gasteiger partial charge in [-0.1, -0.05) is 34.1 Å². The van der Waals surface area contributed by atoms with Gasteiger partial charge in [0.25, 0.3) is 0 Å². The minimum absolute atomic E-state index is 0.0431. The Labute approximate surface area is 120 Å². The van der Waals surface area contributed by atoms with Crippen LogP contribution in [0.4, 0.5) is 0 Å². The number of benzene rings is 2. The van der Waals surface area contributed by atoms with Gasteiger partial charge in [-0.25, -0.2) is 0 Å². The molecule has 96 valence electrons. The number of fused-ring (bicyclic) bond motifs is 1. The van der Waals surface area contributed by atoms with Gasteiger partial charge < -0.3 is 4.74 Å². The summed E-state index contributed by atoms with van der Waals surface area (Å²) in [5.74, 6) is 0.0431. The van der Waals surface area contributed by atoms with Crippen molar-refractivity contribution in [3.05, 3.63) is 68.7 Å². The molecule has 0 N–H and O–H groups in total. The summed E-state index contributed by atoms with van der Waals surface area (Å²) < 4.78 is 6.22. The highest BCUT2D eigenvalue weighted by molar-refractivity contribution is 9.10. The first-order valence-corrected chi connectivity index (χ1v) is 6.95. The number of rotatable bonds is 2. The molecule has 0 radical (unpaired) electrons. The molecule has 0 unspecified atom stereocenters. The van der Waals surface area contributed by atoms with Crippen LogP contribution in [0.3, 0.4) is 0 Å². The Balaban J connectivity index is 2.00. The summed E-state index contributed by atoms with van der Waals surface area (Å²) in [5, 5.41) is 0. The van der Waals surface area contributed by atoms with E-state index >= 15 is 0 Å². The molecule has 0 saturated carbocycles. The second kappa shape index (κ2) is 4.91. The Morgan fingerprint density at radius 2 is 1.89 bits per heavy atom. The predicted molar refractivity (Wildman–Crippen MR) is 77.2 cm³/mol. The van der Waals surface area contributed by atoms with Gasteiger partial charge in [0, 0.05) is 15.6 Å². The van der Waals surface area contributed by atoms with Gasteiger partial charge in [-0.3, -0.25) is 4.79 Å². The van der Waals surface area contributed by atoms with Crippen LogP contribution in [0.25, 0.3) is 0 Å². The molecule has 3 heteroatoms. The summed E-state index contributed by atoms with van der Waals surface area (Å²) in [7, 11) is 0. The Kier molecular flexibility index (Phi) is 3.25. The smallest absolute Gasteiger partial charge is 0.194 e. The van der Waals surface area contributed by atoms with Gasteiger partial charge in [-0.2, -0.15) is 0 Å². The van der Waals surface area contributed by atoms with Crippen molar-refractivity contribution >= 4 is 21.7 Å². The number of hydrogen-bond donors (Lipinski definition) is 0. The maximum absolute atomic E-state index is 12.5. The molecule has 0 aromatic heterocycles. The van der Waals surface area contributed by atoms with E-state index in [2.05, 4.69) is 15.9 Å². The zero-order valence-corrected chi connectivity index (χ0v) is 12.2. The number of halogens is 1. The number of carbonyl (C=O) groups is 1. The summed E-state index contributed by atoms with van der Waals surface area (Å²) >= 11 is 3.46. The van der Waals surface area contributed by atoms with E-state index in [1.807, 2.05) is 43.3 Å². The van der Waals surface area contributed by atoms with Crippen LogP contribution < -0.4 is 0 Å². The molecule has 1 aliphatic heterocycles. The lowest BCUT2D eigenvalue weighted by atomic mass is 9.99. The Hall–Kier alpha value is -1.45. The molecular formula is C16H13BrO2. The highest BCUT2D eigenvalue weighted by atomic mass is 79.9. The molecule has 0 spiro atoms. The van der Waals surface area contributed by atoms with Crippen molar-refractivity contribution in [2.45, 2.75) is 20.1 Å². The molecule has 0 bridgehead atoms. The fraction of sp³-hybridized carbons (Fsp3) is 0.188. The fourth-order valence-electron chi connectivity index (χ4n) is 2.27. The van der Waals surface area contributed by atoms with Crippen LogP contribution in [-0.2, 0) is 18.0 Å². The fourth-order valence-corrected chi connectivity index (χ4v) is 2.95. The largest absolute Gasteiger partial charge is 0.372 e. The van der Waals surface area contributed by atoms with Crippen LogP contribution in [0.5, 0.6) is 0 Å². The third-order valence-corrected chi connectivity index (χ3v) is 4.01. The SMILES string of the molecule is Cc1ccc(C(=O)c2ccc3c(c2)COC3)c(Br)c1. The Morgan fingerprint density at radius 3 is 2.68 bits per heavy atom. The standard InChI is InChI=1S/C16H13BrO2/c1-10-2-5-14(15(17)6-10)16(18)11-3-4-12-8-19-9-13(12)7-11/h2-7H,8-9H2,1H3. The number of aryl methyl sites for hydroxylation is 1. The second-order valence-electron chi connectivity index (χ2n) is 4.79. The van der Waals surface area contributed by atoms with E-state index in [9.17, 15) is 4.79 Å². The molecule has 0 fully saturated rings. The van der Waals surface area contributed by atoms with Crippen molar-refractivity contribution < 1.29 is 9.53 Å². The van der Waals surface area contributed by atoms with E-state index in [-0.39, 0.29) is 5.78 Å². The molecule has 3 rings (SSSR count). The van der Waals surface area contributed by atoms with Crippen molar-refractivity contribution in [3.8, 4) is 0 Å². The maximum Gasteiger partial charge on any atom is 0.194 e. The average Bonchev–Trinajstić information content (AvgIpc) is 2.85. The third kappa shape index (κ3) is 2.36. The van der Waals surface area contributed by atoms with Crippen LogP contribution in [-0.4, -0.2) is 5.78 Å². The van der Waals surface area contributed by atoms with Crippen molar-refractivity contribution in [1.29, 1.82) is 0 Å². The quantitative estimate of drug-likeness (QED) is 0.782. The van der Waals surface area contributed by atoms with Crippen LogP contribution in [0.15, 0.2) is 40.9 Å². The molecule has 2 nitrogen and oxygen atoms in total. The summed E-state index contributed by atoms with van der Waals surface area (Å²) in [6.07, 6.45) is 0. The van der Waals surface area contributed by atoms with Gasteiger partial charge in [0.15, 0.2) is 5.78 Å². The highest BCUT2D eigenvalue weighted by Gasteiger charge is 2.17. The van der Waals surface area contributed by atoms with E-state index in [4.69, 9.17) is 4.74 Å². The van der Waals surface area contributed by atoms with Crippen LogP contribution >= 0.6 is 15.9 Å². The summed E-state index contributed by atoms with van der Waals surface area (Å²) in [4.78, 5) is 12.5. The minimum atomic E-state index is 0.0431. The zero-order valence-electron chi connectivity index (χ0n) is 10.6. The first-order chi connectivity index (χ1) is 9.15. The molecule has 0 amide bonds. The van der Waals surface area contributed by atoms with Crippen molar-refractivity contribution in [3.63, 3.8) is 0 Å². The molecule has 1 heterocycles. The van der Waals surface area contributed by atoms with Gasteiger partial charge in [-0.15, -0.1) is 0 Å². The Morgan fingerprint density at radius 1 is 1.11 bits per heavy atom.